The molecule has 7 nitrogen and oxygen atoms in total. The molecule has 0 N–H and O–H groups in total. The monoisotopic (exact) mass is 704 g/mol. The van der Waals surface area contributed by atoms with Crippen LogP contribution in [-0.2, 0) is 18.0 Å². The van der Waals surface area contributed by atoms with Crippen molar-refractivity contribution in [1.82, 2.24) is 9.55 Å². The van der Waals surface area contributed by atoms with Gasteiger partial charge in [0.15, 0.2) is 25.0 Å². The van der Waals surface area contributed by atoms with Gasteiger partial charge in [-0.05, 0) is 150 Å². The number of hydrogen-bond donors (Lipinski definition) is 0. The Hall–Kier alpha value is -0.789. The van der Waals surface area contributed by atoms with Crippen LogP contribution in [0.5, 0.6) is 0 Å². The molecule has 4 aliphatic carbocycles. The molecule has 4 aliphatic rings. The van der Waals surface area contributed by atoms with Crippen LogP contribution in [0.15, 0.2) is 18.7 Å². The van der Waals surface area contributed by atoms with E-state index >= 15 is 0 Å². The molecule has 1 aromatic heterocycles. The molecule has 5 rings (SSSR count). The predicted molar refractivity (Wildman–Crippen MR) is 198 cm³/mol. The molecule has 12 atom stereocenters. The summed E-state index contributed by atoms with van der Waals surface area (Å²) in [6.07, 6.45) is 13.6. The zero-order valence-electron chi connectivity index (χ0n) is 32.1. The number of rotatable bonds is 10. The van der Waals surface area contributed by atoms with Crippen LogP contribution in [0.25, 0.3) is 0 Å². The van der Waals surface area contributed by atoms with E-state index in [4.69, 9.17) is 18.0 Å². The third kappa shape index (κ3) is 7.63. The standard InChI is InChI=1S/C37H68N2O5Si3/c1-14-27-30-21-26(42-45(5,6)7)17-18-36(30,3)31-22-32(43-46(8,9)10)37(4)28(25(2)23-41-35(40)39-20-19-38-24-39)15-16-29(37)33(31)34(27)44-47(11,12)13/h19-20,24-34H,14-18,21-23H2,1-13H3/t25-,26?,27-,28-,29+,30+,31+,32?,33+,34?,36+,37-/m1/s1. The normalized spacial score (nSPS) is 39.9. The number of aromatic nitrogens is 2. The van der Waals surface area contributed by atoms with E-state index in [1.807, 2.05) is 0 Å². The molecule has 0 radical (unpaired) electrons. The molecule has 47 heavy (non-hydrogen) atoms. The summed E-state index contributed by atoms with van der Waals surface area (Å²) in [6.45, 7) is 31.7. The van der Waals surface area contributed by atoms with Gasteiger partial charge in [-0.15, -0.1) is 0 Å². The molecule has 0 saturated heterocycles. The lowest BCUT2D eigenvalue weighted by Crippen LogP contribution is -2.67. The average Bonchev–Trinajstić information content (AvgIpc) is 3.59. The number of carbonyl (C=O) groups excluding carboxylic acids is 1. The highest BCUT2D eigenvalue weighted by Crippen LogP contribution is 2.70. The topological polar surface area (TPSA) is 71.8 Å². The number of imidazole rings is 1. The quantitative estimate of drug-likeness (QED) is 0.226. The Morgan fingerprint density at radius 3 is 2.13 bits per heavy atom. The van der Waals surface area contributed by atoms with E-state index in [1.165, 1.54) is 43.0 Å². The fourth-order valence-corrected chi connectivity index (χ4v) is 14.9. The summed E-state index contributed by atoms with van der Waals surface area (Å²) in [5.41, 5.74) is 0.263. The molecule has 4 fully saturated rings. The summed E-state index contributed by atoms with van der Waals surface area (Å²) in [5, 5.41) is 0. The number of carbonyl (C=O) groups is 1. The van der Waals surface area contributed by atoms with Gasteiger partial charge in [-0.2, -0.15) is 0 Å². The number of nitrogens with zero attached hydrogens (tertiary/aromatic N) is 2. The maximum atomic E-state index is 12.8. The third-order valence-electron chi connectivity index (χ3n) is 12.9. The van der Waals surface area contributed by atoms with Crippen LogP contribution in [0.4, 0.5) is 4.79 Å². The van der Waals surface area contributed by atoms with E-state index in [-0.39, 0.29) is 35.0 Å². The van der Waals surface area contributed by atoms with Gasteiger partial charge in [0.2, 0.25) is 0 Å². The fourth-order valence-electron chi connectivity index (χ4n) is 11.4. The highest BCUT2D eigenvalue weighted by molar-refractivity contribution is 6.70. The molecular weight excluding hydrogens is 637 g/mol. The Kier molecular flexibility index (Phi) is 10.7. The van der Waals surface area contributed by atoms with Crippen LogP contribution in [0.3, 0.4) is 0 Å². The minimum absolute atomic E-state index is 0.00294. The number of hydrogen-bond acceptors (Lipinski definition) is 6. The molecule has 4 saturated carbocycles. The van der Waals surface area contributed by atoms with Crippen LogP contribution in [0.1, 0.15) is 72.6 Å². The Balaban J connectivity index is 1.53. The van der Waals surface area contributed by atoms with Gasteiger partial charge in [-0.3, -0.25) is 0 Å². The van der Waals surface area contributed by atoms with Crippen LogP contribution in [0, 0.1) is 52.3 Å². The maximum Gasteiger partial charge on any atom is 0.419 e. The first-order valence-corrected chi connectivity index (χ1v) is 29.1. The second-order valence-corrected chi connectivity index (χ2v) is 32.7. The molecule has 0 spiro atoms. The molecule has 10 heteroatoms. The Morgan fingerprint density at radius 2 is 1.55 bits per heavy atom. The van der Waals surface area contributed by atoms with Crippen molar-refractivity contribution in [2.75, 3.05) is 6.61 Å². The Morgan fingerprint density at radius 1 is 0.894 bits per heavy atom. The summed E-state index contributed by atoms with van der Waals surface area (Å²) < 4.78 is 29.1. The van der Waals surface area contributed by atoms with Crippen molar-refractivity contribution in [2.24, 2.45) is 52.3 Å². The smallest absolute Gasteiger partial charge is 0.419 e. The molecule has 0 aromatic carbocycles. The lowest BCUT2D eigenvalue weighted by Gasteiger charge is -2.68. The molecule has 0 amide bonds. The van der Waals surface area contributed by atoms with Gasteiger partial charge in [0.25, 0.3) is 0 Å². The number of ether oxygens (including phenoxy) is 1. The first-order valence-electron chi connectivity index (χ1n) is 18.9. The van der Waals surface area contributed by atoms with Gasteiger partial charge < -0.3 is 18.0 Å². The molecule has 1 heterocycles. The summed E-state index contributed by atoms with van der Waals surface area (Å²) in [5.74, 6) is 3.46. The minimum atomic E-state index is -1.86. The van der Waals surface area contributed by atoms with E-state index in [9.17, 15) is 4.79 Å². The first-order chi connectivity index (χ1) is 21.7. The van der Waals surface area contributed by atoms with Crippen molar-refractivity contribution in [3.63, 3.8) is 0 Å². The van der Waals surface area contributed by atoms with Crippen molar-refractivity contribution in [3.8, 4) is 0 Å². The van der Waals surface area contributed by atoms with Crippen molar-refractivity contribution in [2.45, 2.75) is 150 Å². The molecule has 3 unspecified atom stereocenters. The van der Waals surface area contributed by atoms with Crippen LogP contribution in [0.2, 0.25) is 58.9 Å². The van der Waals surface area contributed by atoms with E-state index in [0.29, 0.717) is 48.2 Å². The van der Waals surface area contributed by atoms with Crippen molar-refractivity contribution >= 4 is 31.0 Å². The molecule has 0 aliphatic heterocycles. The lowest BCUT2D eigenvalue weighted by atomic mass is 9.41. The van der Waals surface area contributed by atoms with Crippen LogP contribution < -0.4 is 0 Å². The molecular formula is C37H68N2O5Si3. The van der Waals surface area contributed by atoms with E-state index < -0.39 is 25.0 Å². The summed E-state index contributed by atoms with van der Waals surface area (Å²) in [4.78, 5) is 16.8. The second-order valence-electron chi connectivity index (χ2n) is 19.3. The van der Waals surface area contributed by atoms with Crippen molar-refractivity contribution < 1.29 is 22.8 Å². The van der Waals surface area contributed by atoms with Gasteiger partial charge >= 0.3 is 6.09 Å². The SMILES string of the molecule is CC[C@H]1C(O[Si](C)(C)C)[C@@H]2[C@H](CC(O[Si](C)(C)C)[C@]3(C)[C@@H]([C@H](C)COC(=O)n4ccnc4)CC[C@@H]23)[C@@]2(C)CCC(O[Si](C)(C)C)C[C@@H]12. The van der Waals surface area contributed by atoms with Crippen molar-refractivity contribution in [3.05, 3.63) is 18.7 Å². The predicted octanol–water partition coefficient (Wildman–Crippen LogP) is 9.68. The fraction of sp³-hybridized carbons (Fsp3) is 0.892. The summed E-state index contributed by atoms with van der Waals surface area (Å²) in [6, 6.07) is 0. The zero-order valence-corrected chi connectivity index (χ0v) is 35.1. The number of fused-ring (bicyclic) bond motifs is 5. The van der Waals surface area contributed by atoms with Crippen molar-refractivity contribution in [1.29, 1.82) is 0 Å². The summed E-state index contributed by atoms with van der Waals surface area (Å²) >= 11 is 0. The van der Waals surface area contributed by atoms with E-state index in [2.05, 4.69) is 91.6 Å². The maximum absolute atomic E-state index is 12.8. The van der Waals surface area contributed by atoms with Gasteiger partial charge in [-0.1, -0.05) is 34.1 Å². The second kappa shape index (κ2) is 13.4. The third-order valence-corrected chi connectivity index (χ3v) is 15.9. The Bertz CT molecular complexity index is 1230. The van der Waals surface area contributed by atoms with E-state index in [1.54, 1.807) is 12.4 Å². The largest absolute Gasteiger partial charge is 0.449 e. The molecule has 0 bridgehead atoms. The molecule has 1 aromatic rings. The summed E-state index contributed by atoms with van der Waals surface area (Å²) in [7, 11) is -5.34. The lowest BCUT2D eigenvalue weighted by molar-refractivity contribution is -0.221. The minimum Gasteiger partial charge on any atom is -0.449 e. The molecule has 268 valence electrons. The van der Waals surface area contributed by atoms with Gasteiger partial charge in [0.05, 0.1) is 18.8 Å². The van der Waals surface area contributed by atoms with Crippen LogP contribution in [-0.4, -0.2) is 65.5 Å². The van der Waals surface area contributed by atoms with Gasteiger partial charge in [-0.25, -0.2) is 14.3 Å². The zero-order chi connectivity index (χ0) is 34.7. The Labute approximate surface area is 290 Å². The highest BCUT2D eigenvalue weighted by atomic mass is 28.4. The van der Waals surface area contributed by atoms with Gasteiger partial charge in [0.1, 0.15) is 6.33 Å². The van der Waals surface area contributed by atoms with Gasteiger partial charge in [0, 0.05) is 18.5 Å². The van der Waals surface area contributed by atoms with E-state index in [0.717, 1.165) is 12.8 Å². The first kappa shape index (κ1) is 37.5. The average molecular weight is 705 g/mol. The van der Waals surface area contributed by atoms with Crippen LogP contribution >= 0.6 is 0 Å². The highest BCUT2D eigenvalue weighted by Gasteiger charge is 2.68.